The van der Waals surface area contributed by atoms with Crippen LogP contribution in [0.5, 0.6) is 0 Å². The quantitative estimate of drug-likeness (QED) is 0.750. The van der Waals surface area contributed by atoms with Gasteiger partial charge in [-0.2, -0.15) is 0 Å². The van der Waals surface area contributed by atoms with Crippen LogP contribution in [0.25, 0.3) is 0 Å². The predicted molar refractivity (Wildman–Crippen MR) is 54.8 cm³/mol. The number of amides is 1. The van der Waals surface area contributed by atoms with E-state index in [-0.39, 0.29) is 12.5 Å². The van der Waals surface area contributed by atoms with Crippen molar-refractivity contribution in [2.45, 2.75) is 12.8 Å². The highest BCUT2D eigenvalue weighted by Crippen LogP contribution is 2.35. The molecule has 0 fully saturated rings. The molecular weight excluding hydrogens is 194 g/mol. The van der Waals surface area contributed by atoms with Gasteiger partial charge in [-0.1, -0.05) is 18.2 Å². The van der Waals surface area contributed by atoms with Crippen LogP contribution in [0.1, 0.15) is 18.4 Å². The molecule has 1 heterocycles. The van der Waals surface area contributed by atoms with Gasteiger partial charge in [-0.25, -0.2) is 0 Å². The monoisotopic (exact) mass is 205 g/mol. The molecule has 0 bridgehead atoms. The van der Waals surface area contributed by atoms with E-state index in [1.807, 2.05) is 0 Å². The molecule has 1 aliphatic rings. The van der Waals surface area contributed by atoms with Crippen LogP contribution in [0.15, 0.2) is 24.3 Å². The van der Waals surface area contributed by atoms with Gasteiger partial charge in [0.1, 0.15) is 5.92 Å². The van der Waals surface area contributed by atoms with Crippen molar-refractivity contribution in [1.29, 1.82) is 0 Å². The molecule has 1 aromatic rings. The van der Waals surface area contributed by atoms with Crippen molar-refractivity contribution in [3.63, 3.8) is 0 Å². The Morgan fingerprint density at radius 1 is 1.40 bits per heavy atom. The van der Waals surface area contributed by atoms with Crippen LogP contribution in [-0.2, 0) is 9.59 Å². The first-order chi connectivity index (χ1) is 7.11. The number of aliphatic carboxylic acids is 1. The Labute approximate surface area is 87.1 Å². The van der Waals surface area contributed by atoms with E-state index >= 15 is 0 Å². The molecule has 15 heavy (non-hydrogen) atoms. The van der Waals surface area contributed by atoms with Crippen molar-refractivity contribution in [3.8, 4) is 0 Å². The van der Waals surface area contributed by atoms with E-state index in [4.69, 9.17) is 5.11 Å². The summed E-state index contributed by atoms with van der Waals surface area (Å²) < 4.78 is 0. The highest BCUT2D eigenvalue weighted by molar-refractivity contribution is 5.97. The fourth-order valence-electron chi connectivity index (χ4n) is 1.92. The summed E-state index contributed by atoms with van der Waals surface area (Å²) in [5.74, 6) is -1.59. The van der Waals surface area contributed by atoms with Crippen molar-refractivity contribution in [2.75, 3.05) is 11.4 Å². The number of carbonyl (C=O) groups is 2. The number of hydrogen-bond donors (Lipinski definition) is 1. The van der Waals surface area contributed by atoms with E-state index in [2.05, 4.69) is 0 Å². The molecule has 0 unspecified atom stereocenters. The number of rotatable bonds is 1. The molecular formula is C11H11NO3. The lowest BCUT2D eigenvalue weighted by atomic mass is 10.0. The van der Waals surface area contributed by atoms with Gasteiger partial charge in [-0.05, 0) is 11.6 Å². The molecule has 0 aromatic heterocycles. The first kappa shape index (κ1) is 9.71. The third-order valence-corrected chi connectivity index (χ3v) is 2.65. The summed E-state index contributed by atoms with van der Waals surface area (Å²) in [7, 11) is 0. The number of carbonyl (C=O) groups excluding carboxylic acids is 1. The number of hydrogen-bond acceptors (Lipinski definition) is 2. The van der Waals surface area contributed by atoms with Gasteiger partial charge in [0.15, 0.2) is 0 Å². The number of anilines is 1. The second kappa shape index (κ2) is 3.38. The normalized spacial score (nSPS) is 18.7. The molecule has 78 valence electrons. The molecule has 0 aliphatic carbocycles. The molecule has 4 heteroatoms. The SMILES string of the molecule is CC(=O)N1C[C@H](C(=O)O)c2ccccc21. The minimum Gasteiger partial charge on any atom is -0.481 e. The van der Waals surface area contributed by atoms with E-state index < -0.39 is 11.9 Å². The van der Waals surface area contributed by atoms with E-state index in [1.165, 1.54) is 11.8 Å². The predicted octanol–water partition coefficient (Wildman–Crippen LogP) is 1.22. The zero-order valence-electron chi connectivity index (χ0n) is 8.30. The summed E-state index contributed by atoms with van der Waals surface area (Å²) in [5, 5.41) is 9.02. The molecule has 1 atom stereocenters. The topological polar surface area (TPSA) is 57.6 Å². The van der Waals surface area contributed by atoms with Crippen LogP contribution in [0.3, 0.4) is 0 Å². The molecule has 0 saturated carbocycles. The van der Waals surface area contributed by atoms with Crippen LogP contribution in [0, 0.1) is 0 Å². The zero-order chi connectivity index (χ0) is 11.0. The Kier molecular flexibility index (Phi) is 2.19. The smallest absolute Gasteiger partial charge is 0.312 e. The maximum atomic E-state index is 11.3. The summed E-state index contributed by atoms with van der Waals surface area (Å²) >= 11 is 0. The second-order valence-electron chi connectivity index (χ2n) is 3.58. The molecule has 1 N–H and O–H groups in total. The van der Waals surface area contributed by atoms with Crippen LogP contribution >= 0.6 is 0 Å². The highest BCUT2D eigenvalue weighted by Gasteiger charge is 2.34. The van der Waals surface area contributed by atoms with Crippen molar-refractivity contribution in [3.05, 3.63) is 29.8 Å². The number of carboxylic acid groups (broad SMARTS) is 1. The molecule has 1 aliphatic heterocycles. The third kappa shape index (κ3) is 1.48. The molecule has 4 nitrogen and oxygen atoms in total. The van der Waals surface area contributed by atoms with Crippen LogP contribution < -0.4 is 4.90 Å². The van der Waals surface area contributed by atoms with Crippen LogP contribution in [0.4, 0.5) is 5.69 Å². The van der Waals surface area contributed by atoms with Crippen molar-refractivity contribution in [1.82, 2.24) is 0 Å². The minimum absolute atomic E-state index is 0.119. The average molecular weight is 205 g/mol. The number of benzene rings is 1. The standard InChI is InChI=1S/C11H11NO3/c1-7(13)12-6-9(11(14)15)8-4-2-3-5-10(8)12/h2-5,9H,6H2,1H3,(H,14,15)/t9-/m0/s1. The zero-order valence-corrected chi connectivity index (χ0v) is 8.30. The Hall–Kier alpha value is -1.84. The van der Waals surface area contributed by atoms with E-state index in [9.17, 15) is 9.59 Å². The maximum Gasteiger partial charge on any atom is 0.312 e. The Balaban J connectivity index is 2.48. The average Bonchev–Trinajstić information content (AvgIpc) is 2.56. The van der Waals surface area contributed by atoms with Gasteiger partial charge in [0.2, 0.25) is 5.91 Å². The third-order valence-electron chi connectivity index (χ3n) is 2.65. The highest BCUT2D eigenvalue weighted by atomic mass is 16.4. The summed E-state index contributed by atoms with van der Waals surface area (Å²) in [6, 6.07) is 7.13. The summed E-state index contributed by atoms with van der Waals surface area (Å²) in [5.41, 5.74) is 1.44. The van der Waals surface area contributed by atoms with Gasteiger partial charge in [-0.15, -0.1) is 0 Å². The van der Waals surface area contributed by atoms with Crippen LogP contribution in [-0.4, -0.2) is 23.5 Å². The molecule has 0 spiro atoms. The number of para-hydroxylation sites is 1. The summed E-state index contributed by atoms with van der Waals surface area (Å²) in [6.07, 6.45) is 0. The second-order valence-corrected chi connectivity index (χ2v) is 3.58. The van der Waals surface area contributed by atoms with Crippen LogP contribution in [0.2, 0.25) is 0 Å². The first-order valence-electron chi connectivity index (χ1n) is 4.71. The number of carboxylic acids is 1. The molecule has 0 radical (unpaired) electrons. The van der Waals surface area contributed by atoms with Crippen molar-refractivity contribution in [2.24, 2.45) is 0 Å². The molecule has 2 rings (SSSR count). The van der Waals surface area contributed by atoms with Gasteiger partial charge in [-0.3, -0.25) is 9.59 Å². The Morgan fingerprint density at radius 2 is 2.07 bits per heavy atom. The lowest BCUT2D eigenvalue weighted by molar-refractivity contribution is -0.138. The lowest BCUT2D eigenvalue weighted by Crippen LogP contribution is -2.28. The molecule has 1 aromatic carbocycles. The van der Waals surface area contributed by atoms with E-state index in [0.717, 1.165) is 11.3 Å². The first-order valence-corrected chi connectivity index (χ1v) is 4.71. The van der Waals surface area contributed by atoms with Gasteiger partial charge < -0.3 is 10.0 Å². The molecule has 1 amide bonds. The summed E-state index contributed by atoms with van der Waals surface area (Å²) in [6.45, 7) is 1.69. The fraction of sp³-hybridized carbons (Fsp3) is 0.273. The van der Waals surface area contributed by atoms with Gasteiger partial charge in [0, 0.05) is 19.2 Å². The van der Waals surface area contributed by atoms with Gasteiger partial charge in [0.05, 0.1) is 0 Å². The maximum absolute atomic E-state index is 11.3. The van der Waals surface area contributed by atoms with Gasteiger partial charge >= 0.3 is 5.97 Å². The van der Waals surface area contributed by atoms with Crippen molar-refractivity contribution < 1.29 is 14.7 Å². The van der Waals surface area contributed by atoms with E-state index in [0.29, 0.717) is 0 Å². The Bertz CT molecular complexity index is 389. The van der Waals surface area contributed by atoms with E-state index in [1.54, 1.807) is 24.3 Å². The summed E-state index contributed by atoms with van der Waals surface area (Å²) in [4.78, 5) is 23.8. The van der Waals surface area contributed by atoms with Crippen molar-refractivity contribution >= 4 is 17.6 Å². The fourth-order valence-corrected chi connectivity index (χ4v) is 1.92. The number of nitrogens with zero attached hydrogens (tertiary/aromatic N) is 1. The lowest BCUT2D eigenvalue weighted by Gasteiger charge is -2.14. The largest absolute Gasteiger partial charge is 0.481 e. The van der Waals surface area contributed by atoms with Gasteiger partial charge in [0.25, 0.3) is 0 Å². The number of fused-ring (bicyclic) bond motifs is 1. The Morgan fingerprint density at radius 3 is 2.67 bits per heavy atom. The molecule has 0 saturated heterocycles. The minimum atomic E-state index is -0.883.